The number of fused-ring (bicyclic) bond motifs is 1. The lowest BCUT2D eigenvalue weighted by Crippen LogP contribution is -2.20. The normalized spacial score (nSPS) is 13.3. The number of carbonyl (C=O) groups is 1. The molecular formula is C16H13F2NO2. The van der Waals surface area contributed by atoms with Gasteiger partial charge < -0.3 is 10.0 Å². The minimum Gasteiger partial charge on any atom is -0.478 e. The summed E-state index contributed by atoms with van der Waals surface area (Å²) in [7, 11) is 0. The molecule has 21 heavy (non-hydrogen) atoms. The van der Waals surface area contributed by atoms with E-state index in [2.05, 4.69) is 0 Å². The molecule has 2 aromatic carbocycles. The van der Waals surface area contributed by atoms with Gasteiger partial charge in [-0.2, -0.15) is 0 Å². The second-order valence-corrected chi connectivity index (χ2v) is 5.06. The summed E-state index contributed by atoms with van der Waals surface area (Å²) in [5.74, 6) is -2.03. The van der Waals surface area contributed by atoms with Crippen LogP contribution >= 0.6 is 0 Å². The van der Waals surface area contributed by atoms with Crippen molar-refractivity contribution in [2.45, 2.75) is 13.0 Å². The predicted octanol–water partition coefficient (Wildman–Crippen LogP) is 3.23. The van der Waals surface area contributed by atoms with Crippen molar-refractivity contribution >= 4 is 11.7 Å². The number of carboxylic acids is 1. The number of anilines is 1. The van der Waals surface area contributed by atoms with Crippen LogP contribution in [0.15, 0.2) is 36.4 Å². The van der Waals surface area contributed by atoms with E-state index in [0.717, 1.165) is 23.7 Å². The van der Waals surface area contributed by atoms with E-state index in [1.807, 2.05) is 4.90 Å². The van der Waals surface area contributed by atoms with E-state index in [1.54, 1.807) is 6.07 Å². The monoisotopic (exact) mass is 289 g/mol. The third kappa shape index (κ3) is 2.59. The Labute approximate surface area is 120 Å². The number of rotatable bonds is 3. The number of aromatic carboxylic acids is 1. The molecule has 2 aromatic rings. The Morgan fingerprint density at radius 1 is 1.19 bits per heavy atom. The molecule has 0 saturated heterocycles. The van der Waals surface area contributed by atoms with Crippen LogP contribution in [0.5, 0.6) is 0 Å². The number of hydrogen-bond acceptors (Lipinski definition) is 2. The van der Waals surface area contributed by atoms with Gasteiger partial charge in [0.1, 0.15) is 11.6 Å². The largest absolute Gasteiger partial charge is 0.478 e. The molecule has 0 amide bonds. The standard InChI is InChI=1S/C16H13F2NO2/c17-13-4-3-10-5-6-19(15(10)8-13)9-12-2-1-11(16(20)21)7-14(12)18/h1-4,7-8H,5-6,9H2,(H,20,21). The highest BCUT2D eigenvalue weighted by Gasteiger charge is 2.21. The quantitative estimate of drug-likeness (QED) is 0.943. The van der Waals surface area contributed by atoms with Gasteiger partial charge >= 0.3 is 5.97 Å². The van der Waals surface area contributed by atoms with Crippen molar-refractivity contribution in [1.29, 1.82) is 0 Å². The third-order valence-corrected chi connectivity index (χ3v) is 3.70. The first-order chi connectivity index (χ1) is 10.0. The summed E-state index contributed by atoms with van der Waals surface area (Å²) in [6.07, 6.45) is 0.796. The zero-order valence-corrected chi connectivity index (χ0v) is 11.1. The fourth-order valence-electron chi connectivity index (χ4n) is 2.60. The Bertz CT molecular complexity index is 715. The number of hydrogen-bond donors (Lipinski definition) is 1. The molecule has 1 aliphatic heterocycles. The Kier molecular flexibility index (Phi) is 3.33. The van der Waals surface area contributed by atoms with Gasteiger partial charge in [-0.1, -0.05) is 12.1 Å². The summed E-state index contributed by atoms with van der Waals surface area (Å²) < 4.78 is 27.3. The Hall–Kier alpha value is -2.43. The van der Waals surface area contributed by atoms with Crippen LogP contribution < -0.4 is 4.90 Å². The van der Waals surface area contributed by atoms with Crippen molar-refractivity contribution in [3.8, 4) is 0 Å². The fraction of sp³-hybridized carbons (Fsp3) is 0.188. The van der Waals surface area contributed by atoms with E-state index in [9.17, 15) is 13.6 Å². The van der Waals surface area contributed by atoms with Gasteiger partial charge in [0.15, 0.2) is 0 Å². The van der Waals surface area contributed by atoms with Crippen molar-refractivity contribution < 1.29 is 18.7 Å². The van der Waals surface area contributed by atoms with Gasteiger partial charge in [-0.25, -0.2) is 13.6 Å². The van der Waals surface area contributed by atoms with Crippen LogP contribution in [-0.4, -0.2) is 17.6 Å². The van der Waals surface area contributed by atoms with Crippen molar-refractivity contribution in [3.05, 3.63) is 64.7 Å². The molecule has 3 rings (SSSR count). The van der Waals surface area contributed by atoms with Gasteiger partial charge in [-0.05, 0) is 36.2 Å². The molecular weight excluding hydrogens is 276 g/mol. The van der Waals surface area contributed by atoms with Crippen LogP contribution in [0.25, 0.3) is 0 Å². The lowest BCUT2D eigenvalue weighted by Gasteiger charge is -2.20. The lowest BCUT2D eigenvalue weighted by molar-refractivity contribution is 0.0696. The molecule has 1 aliphatic rings. The molecule has 0 bridgehead atoms. The van der Waals surface area contributed by atoms with Crippen molar-refractivity contribution in [3.63, 3.8) is 0 Å². The molecule has 0 saturated carbocycles. The van der Waals surface area contributed by atoms with Crippen molar-refractivity contribution in [2.24, 2.45) is 0 Å². The van der Waals surface area contributed by atoms with Gasteiger partial charge in [0.2, 0.25) is 0 Å². The summed E-state index contributed by atoms with van der Waals surface area (Å²) >= 11 is 0. The molecule has 0 aliphatic carbocycles. The number of benzene rings is 2. The minimum atomic E-state index is -1.16. The molecule has 1 heterocycles. The van der Waals surface area contributed by atoms with Crippen LogP contribution in [0.4, 0.5) is 14.5 Å². The van der Waals surface area contributed by atoms with Gasteiger partial charge in [0, 0.05) is 24.3 Å². The summed E-state index contributed by atoms with van der Waals surface area (Å²) in [6, 6.07) is 8.48. The fourth-order valence-corrected chi connectivity index (χ4v) is 2.60. The van der Waals surface area contributed by atoms with Crippen LogP contribution in [-0.2, 0) is 13.0 Å². The highest BCUT2D eigenvalue weighted by atomic mass is 19.1. The Morgan fingerprint density at radius 2 is 2.00 bits per heavy atom. The average molecular weight is 289 g/mol. The molecule has 3 nitrogen and oxygen atoms in total. The van der Waals surface area contributed by atoms with Crippen LogP contribution in [0, 0.1) is 11.6 Å². The van der Waals surface area contributed by atoms with E-state index < -0.39 is 11.8 Å². The lowest BCUT2D eigenvalue weighted by atomic mass is 10.1. The zero-order valence-electron chi connectivity index (χ0n) is 11.1. The Balaban J connectivity index is 1.86. The highest BCUT2D eigenvalue weighted by molar-refractivity contribution is 5.87. The van der Waals surface area contributed by atoms with Crippen molar-refractivity contribution in [2.75, 3.05) is 11.4 Å². The summed E-state index contributed by atoms with van der Waals surface area (Å²) in [4.78, 5) is 12.7. The second kappa shape index (κ2) is 5.16. The highest BCUT2D eigenvalue weighted by Crippen LogP contribution is 2.30. The molecule has 0 unspecified atom stereocenters. The maximum atomic E-state index is 14.0. The Morgan fingerprint density at radius 3 is 2.71 bits per heavy atom. The molecule has 0 aromatic heterocycles. The molecule has 108 valence electrons. The molecule has 0 atom stereocenters. The second-order valence-electron chi connectivity index (χ2n) is 5.06. The summed E-state index contributed by atoms with van der Waals surface area (Å²) in [5, 5.41) is 8.83. The number of carboxylic acid groups (broad SMARTS) is 1. The molecule has 0 radical (unpaired) electrons. The smallest absolute Gasteiger partial charge is 0.335 e. The minimum absolute atomic E-state index is 0.0795. The first kappa shape index (κ1) is 13.5. The van der Waals surface area contributed by atoms with Gasteiger partial charge in [-0.15, -0.1) is 0 Å². The molecule has 5 heteroatoms. The molecule has 0 fully saturated rings. The average Bonchev–Trinajstić information content (AvgIpc) is 2.83. The zero-order chi connectivity index (χ0) is 15.0. The van der Waals surface area contributed by atoms with E-state index in [0.29, 0.717) is 18.7 Å². The van der Waals surface area contributed by atoms with Crippen LogP contribution in [0.1, 0.15) is 21.5 Å². The number of halogens is 2. The topological polar surface area (TPSA) is 40.5 Å². The van der Waals surface area contributed by atoms with Gasteiger partial charge in [-0.3, -0.25) is 0 Å². The number of nitrogens with zero attached hydrogens (tertiary/aromatic N) is 1. The van der Waals surface area contributed by atoms with Crippen molar-refractivity contribution in [1.82, 2.24) is 0 Å². The third-order valence-electron chi connectivity index (χ3n) is 3.70. The predicted molar refractivity (Wildman–Crippen MR) is 74.5 cm³/mol. The first-order valence-electron chi connectivity index (χ1n) is 6.59. The SMILES string of the molecule is O=C(O)c1ccc(CN2CCc3ccc(F)cc32)c(F)c1. The van der Waals surface area contributed by atoms with E-state index in [4.69, 9.17) is 5.11 Å². The van der Waals surface area contributed by atoms with E-state index >= 15 is 0 Å². The molecule has 0 spiro atoms. The van der Waals surface area contributed by atoms with Gasteiger partial charge in [0.05, 0.1) is 5.56 Å². The van der Waals surface area contributed by atoms with Crippen LogP contribution in [0.2, 0.25) is 0 Å². The summed E-state index contributed by atoms with van der Waals surface area (Å²) in [6.45, 7) is 0.987. The van der Waals surface area contributed by atoms with Crippen LogP contribution in [0.3, 0.4) is 0 Å². The first-order valence-corrected chi connectivity index (χ1v) is 6.59. The van der Waals surface area contributed by atoms with Gasteiger partial charge in [0.25, 0.3) is 0 Å². The maximum absolute atomic E-state index is 14.0. The molecule has 1 N–H and O–H groups in total. The maximum Gasteiger partial charge on any atom is 0.335 e. The van der Waals surface area contributed by atoms with E-state index in [1.165, 1.54) is 24.3 Å². The van der Waals surface area contributed by atoms with E-state index in [-0.39, 0.29) is 11.4 Å². The summed E-state index contributed by atoms with van der Waals surface area (Å²) in [5.41, 5.74) is 2.14.